The second-order valence-electron chi connectivity index (χ2n) is 6.53. The Morgan fingerprint density at radius 1 is 1.32 bits per heavy atom. The molecule has 1 aromatic rings. The summed E-state index contributed by atoms with van der Waals surface area (Å²) in [7, 11) is 0. The smallest absolute Gasteiger partial charge is 0.128 e. The predicted molar refractivity (Wildman–Crippen MR) is 78.9 cm³/mol. The highest BCUT2D eigenvalue weighted by Gasteiger charge is 2.39. The molecule has 3 unspecified atom stereocenters. The first kappa shape index (κ1) is 14.8. The van der Waals surface area contributed by atoms with Crippen LogP contribution in [-0.2, 0) is 5.41 Å². The van der Waals surface area contributed by atoms with Gasteiger partial charge in [0.15, 0.2) is 0 Å². The molecule has 0 amide bonds. The summed E-state index contributed by atoms with van der Waals surface area (Å²) in [4.78, 5) is 0. The third kappa shape index (κ3) is 2.95. The Kier molecular flexibility index (Phi) is 4.22. The van der Waals surface area contributed by atoms with Crippen LogP contribution in [0.3, 0.4) is 0 Å². The zero-order valence-corrected chi connectivity index (χ0v) is 12.7. The van der Waals surface area contributed by atoms with E-state index in [0.717, 1.165) is 18.4 Å². The van der Waals surface area contributed by atoms with Gasteiger partial charge in [-0.15, -0.1) is 0 Å². The first-order chi connectivity index (χ1) is 8.82. The summed E-state index contributed by atoms with van der Waals surface area (Å²) in [6.07, 6.45) is 3.28. The zero-order chi connectivity index (χ0) is 14.2. The van der Waals surface area contributed by atoms with Crippen LogP contribution in [0.4, 0.5) is 4.39 Å². The van der Waals surface area contributed by atoms with Crippen LogP contribution in [0.15, 0.2) is 18.2 Å². The third-order valence-electron chi connectivity index (χ3n) is 4.71. The van der Waals surface area contributed by atoms with Crippen molar-refractivity contribution in [1.29, 1.82) is 0 Å². The van der Waals surface area contributed by atoms with Gasteiger partial charge in [0.1, 0.15) is 5.82 Å². The molecule has 1 aliphatic rings. The van der Waals surface area contributed by atoms with Gasteiger partial charge in [-0.3, -0.25) is 0 Å². The lowest BCUT2D eigenvalue weighted by atomic mass is 9.64. The molecule has 0 aromatic heterocycles. The van der Waals surface area contributed by atoms with E-state index in [-0.39, 0.29) is 17.3 Å². The largest absolute Gasteiger partial charge is 0.327 e. The quantitative estimate of drug-likeness (QED) is 0.848. The molecule has 3 heteroatoms. The summed E-state index contributed by atoms with van der Waals surface area (Å²) in [5, 5.41) is 0.443. The SMILES string of the molecule is CC1CCC(C(C)(C)c2ccc(Cl)cc2F)C(N)C1. The molecule has 2 N–H and O–H groups in total. The monoisotopic (exact) mass is 283 g/mol. The molecule has 0 saturated heterocycles. The number of halogens is 2. The van der Waals surface area contributed by atoms with Gasteiger partial charge in [-0.05, 0) is 47.8 Å². The van der Waals surface area contributed by atoms with Gasteiger partial charge in [0.05, 0.1) is 0 Å². The van der Waals surface area contributed by atoms with E-state index in [1.165, 1.54) is 12.5 Å². The Hall–Kier alpha value is -0.600. The molecule has 1 saturated carbocycles. The molecule has 1 aliphatic carbocycles. The minimum absolute atomic E-state index is 0.147. The Morgan fingerprint density at radius 2 is 2.00 bits per heavy atom. The van der Waals surface area contributed by atoms with Crippen LogP contribution in [0.25, 0.3) is 0 Å². The molecule has 3 atom stereocenters. The standard InChI is InChI=1S/C16H23ClFN/c1-10-4-6-13(15(19)8-10)16(2,3)12-7-5-11(17)9-14(12)18/h5,7,9-10,13,15H,4,6,8,19H2,1-3H3. The van der Waals surface area contributed by atoms with Crippen molar-refractivity contribution in [2.24, 2.45) is 17.6 Å². The summed E-state index contributed by atoms with van der Waals surface area (Å²) >= 11 is 5.84. The van der Waals surface area contributed by atoms with Crippen molar-refractivity contribution in [1.82, 2.24) is 0 Å². The summed E-state index contributed by atoms with van der Waals surface area (Å²) in [5.41, 5.74) is 6.80. The van der Waals surface area contributed by atoms with Gasteiger partial charge in [-0.25, -0.2) is 4.39 Å². The molecular weight excluding hydrogens is 261 g/mol. The van der Waals surface area contributed by atoms with Crippen LogP contribution in [-0.4, -0.2) is 6.04 Å². The van der Waals surface area contributed by atoms with Gasteiger partial charge in [-0.1, -0.05) is 44.9 Å². The molecule has 106 valence electrons. The lowest BCUT2D eigenvalue weighted by Gasteiger charge is -2.43. The molecule has 1 fully saturated rings. The first-order valence-electron chi connectivity index (χ1n) is 7.03. The van der Waals surface area contributed by atoms with E-state index in [0.29, 0.717) is 16.9 Å². The second kappa shape index (κ2) is 5.41. The highest BCUT2D eigenvalue weighted by Crippen LogP contribution is 2.42. The van der Waals surface area contributed by atoms with E-state index in [2.05, 4.69) is 20.8 Å². The summed E-state index contributed by atoms with van der Waals surface area (Å²) < 4.78 is 14.2. The van der Waals surface area contributed by atoms with E-state index in [9.17, 15) is 4.39 Å². The normalized spacial score (nSPS) is 28.4. The zero-order valence-electron chi connectivity index (χ0n) is 11.9. The Morgan fingerprint density at radius 3 is 2.58 bits per heavy atom. The van der Waals surface area contributed by atoms with Crippen molar-refractivity contribution in [2.75, 3.05) is 0 Å². The number of hydrogen-bond donors (Lipinski definition) is 1. The van der Waals surface area contributed by atoms with Crippen LogP contribution in [0.2, 0.25) is 5.02 Å². The minimum Gasteiger partial charge on any atom is -0.327 e. The van der Waals surface area contributed by atoms with Crippen molar-refractivity contribution in [2.45, 2.75) is 51.5 Å². The highest BCUT2D eigenvalue weighted by atomic mass is 35.5. The van der Waals surface area contributed by atoms with E-state index in [1.807, 2.05) is 6.07 Å². The number of hydrogen-bond acceptors (Lipinski definition) is 1. The fraction of sp³-hybridized carbons (Fsp3) is 0.625. The van der Waals surface area contributed by atoms with E-state index >= 15 is 0 Å². The number of rotatable bonds is 2. The third-order valence-corrected chi connectivity index (χ3v) is 4.95. The molecule has 19 heavy (non-hydrogen) atoms. The lowest BCUT2D eigenvalue weighted by Crippen LogP contribution is -2.46. The van der Waals surface area contributed by atoms with Crippen molar-refractivity contribution in [3.63, 3.8) is 0 Å². The maximum absolute atomic E-state index is 14.2. The Bertz CT molecular complexity index is 458. The van der Waals surface area contributed by atoms with Crippen LogP contribution < -0.4 is 5.73 Å². The number of benzene rings is 1. The van der Waals surface area contributed by atoms with Crippen LogP contribution >= 0.6 is 11.6 Å². The van der Waals surface area contributed by atoms with Gasteiger partial charge in [-0.2, -0.15) is 0 Å². The second-order valence-corrected chi connectivity index (χ2v) is 6.97. The maximum Gasteiger partial charge on any atom is 0.128 e. The minimum atomic E-state index is -0.256. The maximum atomic E-state index is 14.2. The average molecular weight is 284 g/mol. The van der Waals surface area contributed by atoms with Crippen LogP contribution in [0, 0.1) is 17.7 Å². The molecule has 0 aliphatic heterocycles. The average Bonchev–Trinajstić information content (AvgIpc) is 2.27. The van der Waals surface area contributed by atoms with Gasteiger partial charge < -0.3 is 5.73 Å². The lowest BCUT2D eigenvalue weighted by molar-refractivity contribution is 0.168. The van der Waals surface area contributed by atoms with Gasteiger partial charge >= 0.3 is 0 Å². The molecule has 0 radical (unpaired) electrons. The van der Waals surface area contributed by atoms with E-state index in [1.54, 1.807) is 6.07 Å². The van der Waals surface area contributed by atoms with Crippen molar-refractivity contribution in [3.8, 4) is 0 Å². The Labute approximate surface area is 120 Å². The van der Waals surface area contributed by atoms with Gasteiger partial charge in [0.25, 0.3) is 0 Å². The summed E-state index contributed by atoms with van der Waals surface area (Å²) in [6.45, 7) is 6.44. The van der Waals surface area contributed by atoms with Gasteiger partial charge in [0.2, 0.25) is 0 Å². The van der Waals surface area contributed by atoms with Crippen molar-refractivity contribution < 1.29 is 4.39 Å². The Balaban J connectivity index is 2.30. The molecule has 2 rings (SSSR count). The predicted octanol–water partition coefficient (Wildman–Crippen LogP) is 4.52. The van der Waals surface area contributed by atoms with Crippen molar-refractivity contribution >= 4 is 11.6 Å². The molecule has 0 heterocycles. The molecular formula is C16H23ClFN. The van der Waals surface area contributed by atoms with Gasteiger partial charge in [0, 0.05) is 11.1 Å². The molecule has 1 nitrogen and oxygen atoms in total. The topological polar surface area (TPSA) is 26.0 Å². The van der Waals surface area contributed by atoms with E-state index < -0.39 is 0 Å². The molecule has 0 spiro atoms. The highest BCUT2D eigenvalue weighted by molar-refractivity contribution is 6.30. The molecule has 1 aromatic carbocycles. The van der Waals surface area contributed by atoms with E-state index in [4.69, 9.17) is 17.3 Å². The first-order valence-corrected chi connectivity index (χ1v) is 7.41. The summed E-state index contributed by atoms with van der Waals surface area (Å²) in [6, 6.07) is 5.12. The van der Waals surface area contributed by atoms with Crippen molar-refractivity contribution in [3.05, 3.63) is 34.6 Å². The fourth-order valence-corrected chi connectivity index (χ4v) is 3.69. The fourth-order valence-electron chi connectivity index (χ4n) is 3.53. The van der Waals surface area contributed by atoms with Crippen LogP contribution in [0.1, 0.15) is 45.6 Å². The van der Waals surface area contributed by atoms with Crippen LogP contribution in [0.5, 0.6) is 0 Å². The summed E-state index contributed by atoms with van der Waals surface area (Å²) in [5.74, 6) is 0.778. The number of nitrogens with two attached hydrogens (primary N) is 1. The molecule has 0 bridgehead atoms.